The molecule has 0 aliphatic carbocycles. The van der Waals surface area contributed by atoms with Crippen LogP contribution in [0.3, 0.4) is 0 Å². The standard InChI is InChI=1S/C2H8O7P2.Co.2Na/c1-2(3,10(4,5)6)11(7,8)9;;;/h3H,1H3,(H2,4,5,6)(H2,7,8,9);;;. The van der Waals surface area contributed by atoms with Crippen molar-refractivity contribution in [2.75, 3.05) is 0 Å². The second kappa shape index (κ2) is 7.97. The van der Waals surface area contributed by atoms with E-state index < -0.39 is 20.3 Å². The molecule has 5 N–H and O–H groups in total. The molecule has 0 rings (SSSR count). The predicted molar refractivity (Wildman–Crippen MR) is 46.2 cm³/mol. The third-order valence-electron chi connectivity index (χ3n) is 1.10. The molecule has 0 aromatic carbocycles. The van der Waals surface area contributed by atoms with Gasteiger partial charge in [0.25, 0.3) is 5.08 Å². The van der Waals surface area contributed by atoms with Gasteiger partial charge in [-0.25, -0.2) is 0 Å². The van der Waals surface area contributed by atoms with Gasteiger partial charge in [0, 0.05) is 75.9 Å². The number of aliphatic hydroxyl groups is 1. The van der Waals surface area contributed by atoms with E-state index >= 15 is 0 Å². The van der Waals surface area contributed by atoms with Gasteiger partial charge in [0.1, 0.15) is 0 Å². The Balaban J connectivity index is -0.000000167. The normalized spacial score (nSPS) is 11.9. The maximum atomic E-state index is 10.3. The van der Waals surface area contributed by atoms with E-state index in [1.807, 2.05) is 0 Å². The van der Waals surface area contributed by atoms with Crippen molar-refractivity contribution in [1.29, 1.82) is 0 Å². The molecule has 79 valence electrons. The molecule has 0 spiro atoms. The van der Waals surface area contributed by atoms with Crippen molar-refractivity contribution in [2.24, 2.45) is 0 Å². The van der Waals surface area contributed by atoms with Gasteiger partial charge in [0.05, 0.1) is 0 Å². The summed E-state index contributed by atoms with van der Waals surface area (Å²) < 4.78 is 20.5. The quantitative estimate of drug-likeness (QED) is 0.301. The predicted octanol–water partition coefficient (Wildman–Crippen LogP) is -1.76. The molecule has 7 nitrogen and oxygen atoms in total. The van der Waals surface area contributed by atoms with Crippen LogP contribution in [0, 0.1) is 0 Å². The smallest absolute Gasteiger partial charge is 0.368 e. The molecular formula is C2H8CoNa2O7P2. The van der Waals surface area contributed by atoms with Crippen molar-refractivity contribution in [3.8, 4) is 0 Å². The SMILES string of the molecule is CC(O)(P(=O)(O)O)P(=O)(O)O.[Co].[Na].[Na]. The van der Waals surface area contributed by atoms with Crippen LogP contribution in [0.5, 0.6) is 0 Å². The molecule has 0 saturated carbocycles. The largest absolute Gasteiger partial charge is 0.369 e. The van der Waals surface area contributed by atoms with Gasteiger partial charge in [-0.2, -0.15) is 0 Å². The zero-order chi connectivity index (χ0) is 9.50. The van der Waals surface area contributed by atoms with Crippen molar-refractivity contribution >= 4 is 74.3 Å². The molecule has 3 radical (unpaired) electrons. The van der Waals surface area contributed by atoms with E-state index in [-0.39, 0.29) is 75.9 Å². The van der Waals surface area contributed by atoms with Crippen molar-refractivity contribution < 1.29 is 50.6 Å². The van der Waals surface area contributed by atoms with Crippen LogP contribution in [0.15, 0.2) is 0 Å². The van der Waals surface area contributed by atoms with Gasteiger partial charge in [0.15, 0.2) is 0 Å². The number of hydrogen-bond donors (Lipinski definition) is 5. The van der Waals surface area contributed by atoms with Crippen LogP contribution in [0.1, 0.15) is 6.92 Å². The van der Waals surface area contributed by atoms with Gasteiger partial charge in [-0.1, -0.05) is 0 Å². The Morgan fingerprint density at radius 2 is 1.07 bits per heavy atom. The van der Waals surface area contributed by atoms with E-state index in [9.17, 15) is 9.13 Å². The van der Waals surface area contributed by atoms with Crippen LogP contribution in [-0.2, 0) is 25.9 Å². The average Bonchev–Trinajstić information content (AvgIpc) is 1.58. The van der Waals surface area contributed by atoms with Crippen LogP contribution in [0.4, 0.5) is 0 Å². The van der Waals surface area contributed by atoms with Gasteiger partial charge in [-0.15, -0.1) is 0 Å². The van der Waals surface area contributed by atoms with Gasteiger partial charge < -0.3 is 24.7 Å². The van der Waals surface area contributed by atoms with Crippen LogP contribution in [0.25, 0.3) is 0 Å². The first-order valence-electron chi connectivity index (χ1n) is 2.34. The van der Waals surface area contributed by atoms with Gasteiger partial charge in [-0.05, 0) is 6.92 Å². The fourth-order valence-corrected chi connectivity index (χ4v) is 1.53. The first-order valence-corrected chi connectivity index (χ1v) is 5.56. The summed E-state index contributed by atoms with van der Waals surface area (Å²) in [4.78, 5) is 33.0. The van der Waals surface area contributed by atoms with E-state index in [4.69, 9.17) is 24.7 Å². The van der Waals surface area contributed by atoms with Crippen molar-refractivity contribution in [3.63, 3.8) is 0 Å². The maximum absolute atomic E-state index is 10.3. The first kappa shape index (κ1) is 25.6. The van der Waals surface area contributed by atoms with Crippen LogP contribution in [0.2, 0.25) is 0 Å². The summed E-state index contributed by atoms with van der Waals surface area (Å²) in [6.07, 6.45) is 0. The Kier molecular flexibility index (Phi) is 14.6. The number of rotatable bonds is 2. The zero-order valence-corrected chi connectivity index (χ0v) is 14.6. The molecule has 0 atom stereocenters. The van der Waals surface area contributed by atoms with Gasteiger partial charge >= 0.3 is 15.2 Å². The molecule has 0 unspecified atom stereocenters. The zero-order valence-electron chi connectivity index (χ0n) is 7.78. The van der Waals surface area contributed by atoms with E-state index in [1.54, 1.807) is 0 Å². The molecule has 0 aromatic heterocycles. The summed E-state index contributed by atoms with van der Waals surface area (Å²) >= 11 is 0. The average molecular weight is 311 g/mol. The molecule has 0 bridgehead atoms. The molecule has 14 heavy (non-hydrogen) atoms. The van der Waals surface area contributed by atoms with E-state index in [2.05, 4.69) is 0 Å². The van der Waals surface area contributed by atoms with Crippen LogP contribution >= 0.6 is 15.2 Å². The number of hydrogen-bond acceptors (Lipinski definition) is 3. The summed E-state index contributed by atoms with van der Waals surface area (Å²) in [5, 5.41) is 5.37. The molecule has 0 saturated heterocycles. The third kappa shape index (κ3) is 6.49. The van der Waals surface area contributed by atoms with Crippen LogP contribution < -0.4 is 0 Å². The fourth-order valence-electron chi connectivity index (χ4n) is 0.170. The van der Waals surface area contributed by atoms with Crippen molar-refractivity contribution in [2.45, 2.75) is 12.0 Å². The van der Waals surface area contributed by atoms with Crippen molar-refractivity contribution in [3.05, 3.63) is 0 Å². The third-order valence-corrected chi connectivity index (χ3v) is 4.87. The first-order chi connectivity index (χ1) is 4.50. The second-order valence-corrected chi connectivity index (χ2v) is 6.33. The molecule has 0 fully saturated rings. The second-order valence-electron chi connectivity index (χ2n) is 2.06. The Morgan fingerprint density at radius 1 is 0.929 bits per heavy atom. The Labute approximate surface area is 135 Å². The Hall–Kier alpha value is 2.77. The summed E-state index contributed by atoms with van der Waals surface area (Å²) in [5.74, 6) is 0. The molecule has 0 amide bonds. The van der Waals surface area contributed by atoms with Crippen LogP contribution in [-0.4, -0.2) is 88.9 Å². The minimum Gasteiger partial charge on any atom is -0.368 e. The maximum Gasteiger partial charge on any atom is 0.369 e. The van der Waals surface area contributed by atoms with Gasteiger partial charge in [0.2, 0.25) is 0 Å². The van der Waals surface area contributed by atoms with E-state index in [0.717, 1.165) is 0 Å². The van der Waals surface area contributed by atoms with E-state index in [0.29, 0.717) is 6.92 Å². The molecule has 0 heterocycles. The van der Waals surface area contributed by atoms with E-state index in [1.165, 1.54) is 0 Å². The Bertz CT molecular complexity index is 220. The Morgan fingerprint density at radius 3 is 1.07 bits per heavy atom. The summed E-state index contributed by atoms with van der Waals surface area (Å²) in [7, 11) is -10.4. The minimum absolute atomic E-state index is 0. The van der Waals surface area contributed by atoms with Gasteiger partial charge in [-0.3, -0.25) is 9.13 Å². The summed E-state index contributed by atoms with van der Waals surface area (Å²) in [6.45, 7) is 0.383. The topological polar surface area (TPSA) is 135 Å². The fraction of sp³-hybridized carbons (Fsp3) is 1.00. The molecule has 12 heteroatoms. The molecule has 0 aliphatic heterocycles. The molecule has 0 aliphatic rings. The minimum atomic E-state index is -5.20. The monoisotopic (exact) mass is 311 g/mol. The van der Waals surface area contributed by atoms with Crippen molar-refractivity contribution in [1.82, 2.24) is 0 Å². The molecule has 0 aromatic rings. The summed E-state index contributed by atoms with van der Waals surface area (Å²) in [5.41, 5.74) is 0. The molecular weight excluding hydrogens is 303 g/mol. The summed E-state index contributed by atoms with van der Waals surface area (Å²) in [6, 6.07) is 0.